The lowest BCUT2D eigenvalue weighted by Gasteiger charge is -2.30. The SMILES string of the molecule is O=C(CCn1cccc1)N1CCC(c2n[nH]c(=O)o2)CC1. The van der Waals surface area contributed by atoms with Crippen molar-refractivity contribution in [2.75, 3.05) is 13.1 Å². The molecule has 112 valence electrons. The quantitative estimate of drug-likeness (QED) is 0.909. The molecule has 1 aliphatic heterocycles. The van der Waals surface area contributed by atoms with E-state index in [1.54, 1.807) is 0 Å². The van der Waals surface area contributed by atoms with Gasteiger partial charge in [0.2, 0.25) is 11.8 Å². The van der Waals surface area contributed by atoms with E-state index in [1.165, 1.54) is 0 Å². The Morgan fingerprint density at radius 2 is 2.05 bits per heavy atom. The Hall–Kier alpha value is -2.31. The predicted octanol–water partition coefficient (Wildman–Crippen LogP) is 0.961. The topological polar surface area (TPSA) is 84.1 Å². The van der Waals surface area contributed by atoms with Crippen LogP contribution in [-0.2, 0) is 11.3 Å². The van der Waals surface area contributed by atoms with Crippen molar-refractivity contribution in [1.29, 1.82) is 0 Å². The minimum Gasteiger partial charge on any atom is -0.392 e. The monoisotopic (exact) mass is 290 g/mol. The van der Waals surface area contributed by atoms with Crippen LogP contribution in [0.4, 0.5) is 0 Å². The first-order valence-electron chi connectivity index (χ1n) is 7.16. The molecule has 0 radical (unpaired) electrons. The maximum absolute atomic E-state index is 12.2. The first kappa shape index (κ1) is 13.7. The van der Waals surface area contributed by atoms with Crippen molar-refractivity contribution < 1.29 is 9.21 Å². The first-order chi connectivity index (χ1) is 10.2. The molecule has 1 N–H and O–H groups in total. The summed E-state index contributed by atoms with van der Waals surface area (Å²) in [5, 5.41) is 6.15. The summed E-state index contributed by atoms with van der Waals surface area (Å²) in [6.45, 7) is 2.08. The summed E-state index contributed by atoms with van der Waals surface area (Å²) in [6.07, 6.45) is 5.99. The number of likely N-dealkylation sites (tertiary alicyclic amines) is 1. The van der Waals surface area contributed by atoms with Crippen molar-refractivity contribution in [3.8, 4) is 0 Å². The summed E-state index contributed by atoms with van der Waals surface area (Å²) < 4.78 is 6.99. The van der Waals surface area contributed by atoms with Gasteiger partial charge in [-0.2, -0.15) is 0 Å². The molecule has 0 spiro atoms. The van der Waals surface area contributed by atoms with Crippen LogP contribution in [0.25, 0.3) is 0 Å². The molecule has 1 aliphatic rings. The van der Waals surface area contributed by atoms with Gasteiger partial charge in [0.15, 0.2) is 0 Å². The molecule has 3 heterocycles. The van der Waals surface area contributed by atoms with E-state index in [4.69, 9.17) is 4.42 Å². The van der Waals surface area contributed by atoms with Crippen LogP contribution in [0.3, 0.4) is 0 Å². The second-order valence-electron chi connectivity index (χ2n) is 5.28. The molecule has 7 heteroatoms. The largest absolute Gasteiger partial charge is 0.434 e. The van der Waals surface area contributed by atoms with Crippen LogP contribution in [0.15, 0.2) is 33.7 Å². The van der Waals surface area contributed by atoms with Gasteiger partial charge in [-0.3, -0.25) is 4.79 Å². The molecule has 2 aromatic rings. The number of hydrogen-bond donors (Lipinski definition) is 1. The second-order valence-corrected chi connectivity index (χ2v) is 5.28. The third-order valence-corrected chi connectivity index (χ3v) is 3.90. The van der Waals surface area contributed by atoms with Gasteiger partial charge in [0.1, 0.15) is 0 Å². The second kappa shape index (κ2) is 5.99. The summed E-state index contributed by atoms with van der Waals surface area (Å²) >= 11 is 0. The number of nitrogens with one attached hydrogen (secondary N) is 1. The van der Waals surface area contributed by atoms with Crippen molar-refractivity contribution in [2.45, 2.75) is 31.7 Å². The first-order valence-corrected chi connectivity index (χ1v) is 7.16. The minimum absolute atomic E-state index is 0.123. The van der Waals surface area contributed by atoms with E-state index in [-0.39, 0.29) is 11.8 Å². The fourth-order valence-corrected chi connectivity index (χ4v) is 2.69. The Kier molecular flexibility index (Phi) is 3.89. The average Bonchev–Trinajstić information content (AvgIpc) is 3.16. The molecule has 3 rings (SSSR count). The van der Waals surface area contributed by atoms with Crippen molar-refractivity contribution in [3.63, 3.8) is 0 Å². The lowest BCUT2D eigenvalue weighted by atomic mass is 9.96. The number of H-pyrrole nitrogens is 1. The summed E-state index contributed by atoms with van der Waals surface area (Å²) in [7, 11) is 0. The Morgan fingerprint density at radius 3 is 2.67 bits per heavy atom. The number of nitrogens with zero attached hydrogens (tertiary/aromatic N) is 3. The zero-order valence-corrected chi connectivity index (χ0v) is 11.7. The molecule has 1 fully saturated rings. The molecule has 1 amide bonds. The number of carbonyl (C=O) groups excluding carboxylic acids is 1. The van der Waals surface area contributed by atoms with Gasteiger partial charge in [0.25, 0.3) is 0 Å². The Bertz CT molecular complexity index is 635. The normalized spacial score (nSPS) is 16.3. The van der Waals surface area contributed by atoms with Gasteiger partial charge in [-0.25, -0.2) is 9.89 Å². The van der Waals surface area contributed by atoms with Crippen LogP contribution in [0.5, 0.6) is 0 Å². The molecule has 0 aromatic carbocycles. The van der Waals surface area contributed by atoms with E-state index < -0.39 is 5.76 Å². The number of aromatic amines is 1. The van der Waals surface area contributed by atoms with Crippen LogP contribution in [0, 0.1) is 0 Å². The van der Waals surface area contributed by atoms with Crippen molar-refractivity contribution in [1.82, 2.24) is 19.7 Å². The highest BCUT2D eigenvalue weighted by molar-refractivity contribution is 5.76. The van der Waals surface area contributed by atoms with Crippen molar-refractivity contribution in [2.24, 2.45) is 0 Å². The molecule has 0 atom stereocenters. The van der Waals surface area contributed by atoms with Gasteiger partial charge in [-0.05, 0) is 25.0 Å². The van der Waals surface area contributed by atoms with Crippen molar-refractivity contribution >= 4 is 5.91 Å². The summed E-state index contributed by atoms with van der Waals surface area (Å²) in [5.41, 5.74) is 0. The lowest BCUT2D eigenvalue weighted by Crippen LogP contribution is -2.38. The van der Waals surface area contributed by atoms with E-state index in [0.717, 1.165) is 12.8 Å². The zero-order chi connectivity index (χ0) is 14.7. The number of rotatable bonds is 4. The van der Waals surface area contributed by atoms with E-state index in [1.807, 2.05) is 34.0 Å². The predicted molar refractivity (Wildman–Crippen MR) is 74.7 cm³/mol. The molecule has 0 aliphatic carbocycles. The lowest BCUT2D eigenvalue weighted by molar-refractivity contribution is -0.132. The summed E-state index contributed by atoms with van der Waals surface area (Å²) in [6, 6.07) is 3.90. The highest BCUT2D eigenvalue weighted by Crippen LogP contribution is 2.25. The van der Waals surface area contributed by atoms with Gasteiger partial charge in [-0.15, -0.1) is 5.10 Å². The number of aryl methyl sites for hydroxylation is 1. The molecular formula is C14H18N4O3. The van der Waals surface area contributed by atoms with Gasteiger partial charge in [0, 0.05) is 44.4 Å². The van der Waals surface area contributed by atoms with Gasteiger partial charge < -0.3 is 13.9 Å². The van der Waals surface area contributed by atoms with Crippen LogP contribution in [0.2, 0.25) is 0 Å². The third kappa shape index (κ3) is 3.24. The third-order valence-electron chi connectivity index (χ3n) is 3.90. The number of hydrogen-bond acceptors (Lipinski definition) is 4. The number of aromatic nitrogens is 3. The maximum atomic E-state index is 12.2. The molecular weight excluding hydrogens is 272 g/mol. The fraction of sp³-hybridized carbons (Fsp3) is 0.500. The van der Waals surface area contributed by atoms with Crippen LogP contribution in [0.1, 0.15) is 31.1 Å². The molecule has 7 nitrogen and oxygen atoms in total. The Balaban J connectivity index is 1.48. The number of piperidine rings is 1. The van der Waals surface area contributed by atoms with Gasteiger partial charge in [0.05, 0.1) is 0 Å². The van der Waals surface area contributed by atoms with Gasteiger partial charge in [-0.1, -0.05) is 0 Å². The van der Waals surface area contributed by atoms with Crippen molar-refractivity contribution in [3.05, 3.63) is 41.0 Å². The van der Waals surface area contributed by atoms with Crippen LogP contribution >= 0.6 is 0 Å². The molecule has 1 saturated heterocycles. The van der Waals surface area contributed by atoms with Crippen LogP contribution in [-0.4, -0.2) is 38.7 Å². The van der Waals surface area contributed by atoms with E-state index in [0.29, 0.717) is 31.9 Å². The van der Waals surface area contributed by atoms with Crippen LogP contribution < -0.4 is 5.76 Å². The fourth-order valence-electron chi connectivity index (χ4n) is 2.69. The minimum atomic E-state index is -0.518. The molecule has 0 saturated carbocycles. The number of carbonyl (C=O) groups is 1. The maximum Gasteiger partial charge on any atom is 0.434 e. The Morgan fingerprint density at radius 1 is 1.33 bits per heavy atom. The summed E-state index contributed by atoms with van der Waals surface area (Å²) in [4.78, 5) is 25.0. The number of amides is 1. The standard InChI is InChI=1S/C14H18N4O3/c19-12(5-8-17-6-1-2-7-17)18-9-3-11(4-10-18)13-15-16-14(20)21-13/h1-2,6-7,11H,3-5,8-10H2,(H,16,20). The van der Waals surface area contributed by atoms with E-state index >= 15 is 0 Å². The average molecular weight is 290 g/mol. The summed E-state index contributed by atoms with van der Waals surface area (Å²) in [5.74, 6) is 0.234. The molecule has 0 bridgehead atoms. The van der Waals surface area contributed by atoms with E-state index in [2.05, 4.69) is 10.2 Å². The van der Waals surface area contributed by atoms with Gasteiger partial charge >= 0.3 is 5.76 Å². The molecule has 21 heavy (non-hydrogen) atoms. The molecule has 0 unspecified atom stereocenters. The van der Waals surface area contributed by atoms with E-state index in [9.17, 15) is 9.59 Å². The zero-order valence-electron chi connectivity index (χ0n) is 11.7. The highest BCUT2D eigenvalue weighted by Gasteiger charge is 2.26. The smallest absolute Gasteiger partial charge is 0.392 e. The molecule has 2 aromatic heterocycles. The Labute approximate surface area is 121 Å². The highest BCUT2D eigenvalue weighted by atomic mass is 16.4.